The van der Waals surface area contributed by atoms with Gasteiger partial charge in [0.1, 0.15) is 12.2 Å². The van der Waals surface area contributed by atoms with Crippen LogP contribution in [-0.4, -0.2) is 41.3 Å². The molecule has 18 heavy (non-hydrogen) atoms. The highest BCUT2D eigenvalue weighted by Gasteiger charge is 2.57. The van der Waals surface area contributed by atoms with Crippen LogP contribution in [0.4, 0.5) is 0 Å². The molecule has 3 rings (SSSR count). The number of carbonyl (C=O) groups is 2. The first-order valence-corrected chi connectivity index (χ1v) is 7.39. The van der Waals surface area contributed by atoms with E-state index in [0.717, 1.165) is 5.57 Å². The predicted octanol–water partition coefficient (Wildman–Crippen LogP) is 0.850. The first-order valence-electron chi connectivity index (χ1n) is 5.86. The van der Waals surface area contributed by atoms with Gasteiger partial charge in [-0.05, 0) is 11.6 Å². The molecule has 0 aromatic heterocycles. The average molecular weight is 364 g/mol. The Morgan fingerprint density at radius 2 is 2.33 bits per heavy atom. The molecule has 6 heteroatoms. The second-order valence-corrected chi connectivity index (χ2v) is 5.64. The van der Waals surface area contributed by atoms with E-state index < -0.39 is 6.10 Å². The molecule has 0 aromatic rings. The Kier molecular flexibility index (Phi) is 3.19. The number of halogens is 1. The first kappa shape index (κ1) is 12.6. The number of hydrogen-bond acceptors (Lipinski definition) is 5. The Labute approximate surface area is 118 Å². The Balaban J connectivity index is 1.92. The van der Waals surface area contributed by atoms with Crippen molar-refractivity contribution in [2.45, 2.75) is 25.4 Å². The predicted molar refractivity (Wildman–Crippen MR) is 69.1 cm³/mol. The Morgan fingerprint density at radius 3 is 3.00 bits per heavy atom. The highest BCUT2D eigenvalue weighted by atomic mass is 127. The topological polar surface area (TPSA) is 61.8 Å². The van der Waals surface area contributed by atoms with E-state index in [1.54, 1.807) is 6.08 Å². The summed E-state index contributed by atoms with van der Waals surface area (Å²) in [6.45, 7) is 1.80. The van der Waals surface area contributed by atoms with Gasteiger partial charge in [-0.1, -0.05) is 22.6 Å². The zero-order valence-corrected chi connectivity index (χ0v) is 12.0. The van der Waals surface area contributed by atoms with Crippen LogP contribution in [0, 0.1) is 11.8 Å². The molecule has 0 amide bonds. The highest BCUT2D eigenvalue weighted by molar-refractivity contribution is 14.1. The molecule has 0 N–H and O–H groups in total. The van der Waals surface area contributed by atoms with Crippen LogP contribution in [0.25, 0.3) is 0 Å². The summed E-state index contributed by atoms with van der Waals surface area (Å²) in [6.07, 6.45) is 0.489. The van der Waals surface area contributed by atoms with Gasteiger partial charge in [0.05, 0.1) is 12.5 Å². The van der Waals surface area contributed by atoms with Gasteiger partial charge in [0.2, 0.25) is 0 Å². The fourth-order valence-electron chi connectivity index (χ4n) is 2.98. The molecule has 1 aliphatic carbocycles. The fourth-order valence-corrected chi connectivity index (χ4v) is 3.69. The van der Waals surface area contributed by atoms with Crippen LogP contribution in [0.1, 0.15) is 6.92 Å². The minimum atomic E-state index is -0.497. The van der Waals surface area contributed by atoms with Gasteiger partial charge in [-0.15, -0.1) is 0 Å². The molecule has 5 nitrogen and oxygen atoms in total. The van der Waals surface area contributed by atoms with E-state index in [2.05, 4.69) is 22.6 Å². The second kappa shape index (κ2) is 4.57. The van der Waals surface area contributed by atoms with Crippen molar-refractivity contribution in [3.8, 4) is 0 Å². The Morgan fingerprint density at radius 1 is 1.56 bits per heavy atom. The van der Waals surface area contributed by atoms with Crippen LogP contribution in [0.15, 0.2) is 11.6 Å². The third kappa shape index (κ3) is 1.81. The number of alkyl halides is 1. The maximum absolute atomic E-state index is 12.1. The van der Waals surface area contributed by atoms with Crippen molar-refractivity contribution >= 4 is 34.3 Å². The van der Waals surface area contributed by atoms with Crippen LogP contribution in [0.2, 0.25) is 0 Å². The minimum absolute atomic E-state index is 0.0349. The second-order valence-electron chi connectivity index (χ2n) is 4.76. The van der Waals surface area contributed by atoms with E-state index in [1.807, 2.05) is 0 Å². The van der Waals surface area contributed by atoms with E-state index in [4.69, 9.17) is 14.2 Å². The lowest BCUT2D eigenvalue weighted by Gasteiger charge is -2.40. The van der Waals surface area contributed by atoms with Crippen molar-refractivity contribution in [1.82, 2.24) is 0 Å². The quantitative estimate of drug-likeness (QED) is 0.413. The van der Waals surface area contributed by atoms with Crippen LogP contribution in [0.5, 0.6) is 0 Å². The molecule has 0 unspecified atom stereocenters. The van der Waals surface area contributed by atoms with Gasteiger partial charge < -0.3 is 14.2 Å². The van der Waals surface area contributed by atoms with E-state index in [-0.39, 0.29) is 36.0 Å². The molecule has 0 bridgehead atoms. The molecule has 0 spiro atoms. The summed E-state index contributed by atoms with van der Waals surface area (Å²) in [5.41, 5.74) is 0.971. The van der Waals surface area contributed by atoms with Crippen LogP contribution >= 0.6 is 22.6 Å². The minimum Gasteiger partial charge on any atom is -0.459 e. The molecular weight excluding hydrogens is 351 g/mol. The third-order valence-corrected chi connectivity index (χ3v) is 4.53. The lowest BCUT2D eigenvalue weighted by Crippen LogP contribution is -2.53. The zero-order valence-electron chi connectivity index (χ0n) is 9.80. The van der Waals surface area contributed by atoms with E-state index in [1.165, 1.54) is 6.92 Å². The molecule has 5 atom stereocenters. The number of allylic oxidation sites excluding steroid dienone is 1. The molecule has 3 aliphatic rings. The molecule has 0 radical (unpaired) electrons. The van der Waals surface area contributed by atoms with Gasteiger partial charge in [-0.3, -0.25) is 9.59 Å². The van der Waals surface area contributed by atoms with E-state index in [0.29, 0.717) is 11.0 Å². The molecule has 2 fully saturated rings. The number of ketones is 1. The molecule has 98 valence electrons. The van der Waals surface area contributed by atoms with Gasteiger partial charge in [0.15, 0.2) is 12.1 Å². The van der Waals surface area contributed by atoms with Gasteiger partial charge in [0, 0.05) is 17.3 Å². The summed E-state index contributed by atoms with van der Waals surface area (Å²) in [6, 6.07) is 0. The SMILES string of the molecule is CC(=O)O[C@H]1[C@H]2C(=O)C=C3CO[C@@H](O[C@@H]1CI)[C@H]32. The average Bonchev–Trinajstić information content (AvgIpc) is 2.84. The monoisotopic (exact) mass is 364 g/mol. The van der Waals surface area contributed by atoms with Crippen molar-refractivity contribution in [1.29, 1.82) is 0 Å². The number of ether oxygens (including phenoxy) is 3. The van der Waals surface area contributed by atoms with Crippen LogP contribution < -0.4 is 0 Å². The van der Waals surface area contributed by atoms with E-state index >= 15 is 0 Å². The Bertz CT molecular complexity index is 432. The third-order valence-electron chi connectivity index (χ3n) is 3.66. The van der Waals surface area contributed by atoms with Crippen LogP contribution in [-0.2, 0) is 23.8 Å². The highest BCUT2D eigenvalue weighted by Crippen LogP contribution is 2.46. The summed E-state index contributed by atoms with van der Waals surface area (Å²) in [5.74, 6) is -0.740. The standard InChI is InChI=1S/C12H13IO5/c1-5(14)17-11-8(3-13)18-12-9-6(4-16-12)2-7(15)10(9)11/h2,8-12H,3-4H2,1H3/t8-,9-,10+,11-,12+/m1/s1. The molecule has 0 saturated carbocycles. The number of esters is 1. The molecule has 0 aromatic carbocycles. The summed E-state index contributed by atoms with van der Waals surface area (Å²) < 4.78 is 17.3. The lowest BCUT2D eigenvalue weighted by molar-refractivity contribution is -0.233. The van der Waals surface area contributed by atoms with Gasteiger partial charge in [-0.25, -0.2) is 0 Å². The number of hydrogen-bond donors (Lipinski definition) is 0. The first-order chi connectivity index (χ1) is 8.61. The van der Waals surface area contributed by atoms with Crippen LogP contribution in [0.3, 0.4) is 0 Å². The van der Waals surface area contributed by atoms with E-state index in [9.17, 15) is 9.59 Å². The summed E-state index contributed by atoms with van der Waals surface area (Å²) >= 11 is 2.17. The summed E-state index contributed by atoms with van der Waals surface area (Å²) in [5, 5.41) is 0. The van der Waals surface area contributed by atoms with Gasteiger partial charge in [-0.2, -0.15) is 0 Å². The molecular formula is C12H13IO5. The van der Waals surface area contributed by atoms with Crippen molar-refractivity contribution in [3.05, 3.63) is 11.6 Å². The number of carbonyl (C=O) groups excluding carboxylic acids is 2. The number of rotatable bonds is 2. The summed E-state index contributed by atoms with van der Waals surface area (Å²) in [4.78, 5) is 23.3. The van der Waals surface area contributed by atoms with Crippen molar-refractivity contribution in [2.75, 3.05) is 11.0 Å². The lowest BCUT2D eigenvalue weighted by atomic mass is 9.82. The maximum atomic E-state index is 12.1. The smallest absolute Gasteiger partial charge is 0.303 e. The van der Waals surface area contributed by atoms with Crippen molar-refractivity contribution in [3.63, 3.8) is 0 Å². The molecule has 2 heterocycles. The summed E-state index contributed by atoms with van der Waals surface area (Å²) in [7, 11) is 0. The molecule has 2 aliphatic heterocycles. The van der Waals surface area contributed by atoms with Crippen molar-refractivity contribution in [2.24, 2.45) is 11.8 Å². The largest absolute Gasteiger partial charge is 0.459 e. The van der Waals surface area contributed by atoms with Gasteiger partial charge in [0.25, 0.3) is 0 Å². The Hall–Kier alpha value is -0.470. The zero-order chi connectivity index (χ0) is 12.9. The van der Waals surface area contributed by atoms with Gasteiger partial charge >= 0.3 is 5.97 Å². The fraction of sp³-hybridized carbons (Fsp3) is 0.667. The maximum Gasteiger partial charge on any atom is 0.303 e. The normalized spacial score (nSPS) is 41.6. The van der Waals surface area contributed by atoms with Crippen molar-refractivity contribution < 1.29 is 23.8 Å². The molecule has 2 saturated heterocycles.